The predicted octanol–water partition coefficient (Wildman–Crippen LogP) is 0.611. The van der Waals surface area contributed by atoms with Gasteiger partial charge in [0.1, 0.15) is 11.9 Å². The fraction of sp³-hybridized carbons (Fsp3) is 0.333. The lowest BCUT2D eigenvalue weighted by molar-refractivity contribution is -0.0322. The van der Waals surface area contributed by atoms with Crippen molar-refractivity contribution in [1.29, 1.82) is 0 Å². The minimum Gasteiger partial charge on any atom is -0.394 e. The first-order valence-corrected chi connectivity index (χ1v) is 6.53. The molecular formula is C12H10BrF2N3O3. The van der Waals surface area contributed by atoms with Crippen molar-refractivity contribution >= 4 is 21.7 Å². The van der Waals surface area contributed by atoms with E-state index in [1.165, 1.54) is 6.20 Å². The third-order valence-corrected chi connectivity index (χ3v) is 3.15. The smallest absolute Gasteiger partial charge is 0.351 e. The number of aliphatic hydroxyl groups is 1. The number of nitrogens with two attached hydrogens (primary N) is 1. The van der Waals surface area contributed by atoms with Gasteiger partial charge in [-0.1, -0.05) is 0 Å². The van der Waals surface area contributed by atoms with Crippen molar-refractivity contribution in [3.8, 4) is 10.8 Å². The molecule has 0 aliphatic carbocycles. The second-order valence-electron chi connectivity index (χ2n) is 4.17. The largest absolute Gasteiger partial charge is 0.394 e. The van der Waals surface area contributed by atoms with E-state index >= 15 is 0 Å². The van der Waals surface area contributed by atoms with E-state index in [1.807, 2.05) is 0 Å². The lowest BCUT2D eigenvalue weighted by Crippen LogP contribution is -2.29. The Morgan fingerprint density at radius 2 is 2.38 bits per heavy atom. The molecule has 1 aromatic heterocycles. The summed E-state index contributed by atoms with van der Waals surface area (Å²) >= 11 is 2.88. The van der Waals surface area contributed by atoms with Crippen molar-refractivity contribution in [3.05, 3.63) is 34.1 Å². The Kier molecular flexibility index (Phi) is 4.72. The van der Waals surface area contributed by atoms with Gasteiger partial charge in [0, 0.05) is 27.7 Å². The van der Waals surface area contributed by atoms with Gasteiger partial charge in [0.2, 0.25) is 0 Å². The zero-order valence-corrected chi connectivity index (χ0v) is 12.0. The summed E-state index contributed by atoms with van der Waals surface area (Å²) in [4.78, 5) is 17.8. The van der Waals surface area contributed by atoms with E-state index in [1.54, 1.807) is 0 Å². The molecule has 1 aromatic rings. The Morgan fingerprint density at radius 1 is 1.67 bits per heavy atom. The van der Waals surface area contributed by atoms with E-state index in [4.69, 9.17) is 15.6 Å². The molecule has 9 heteroatoms. The minimum absolute atomic E-state index is 0.0175. The highest BCUT2D eigenvalue weighted by atomic mass is 79.9. The van der Waals surface area contributed by atoms with Crippen molar-refractivity contribution in [2.75, 3.05) is 12.3 Å². The molecule has 3 unspecified atom stereocenters. The highest BCUT2D eigenvalue weighted by Gasteiger charge is 2.41. The number of alkyl halides is 1. The van der Waals surface area contributed by atoms with Gasteiger partial charge < -0.3 is 15.6 Å². The van der Waals surface area contributed by atoms with Crippen LogP contribution in [0.5, 0.6) is 0 Å². The van der Waals surface area contributed by atoms with Gasteiger partial charge in [0.25, 0.3) is 0 Å². The van der Waals surface area contributed by atoms with E-state index in [0.717, 1.165) is 4.57 Å². The van der Waals surface area contributed by atoms with Gasteiger partial charge in [-0.25, -0.2) is 13.6 Å². The van der Waals surface area contributed by atoms with Crippen LogP contribution in [-0.4, -0.2) is 33.5 Å². The lowest BCUT2D eigenvalue weighted by Gasteiger charge is -2.15. The van der Waals surface area contributed by atoms with Crippen LogP contribution in [0.1, 0.15) is 11.8 Å². The molecule has 1 aliphatic heterocycles. The summed E-state index contributed by atoms with van der Waals surface area (Å²) in [5.41, 5.74) is 4.46. The van der Waals surface area contributed by atoms with Gasteiger partial charge in [0.15, 0.2) is 12.4 Å². The second-order valence-corrected chi connectivity index (χ2v) is 4.57. The van der Waals surface area contributed by atoms with E-state index < -0.39 is 36.4 Å². The summed E-state index contributed by atoms with van der Waals surface area (Å²) < 4.78 is 32.8. The maximum Gasteiger partial charge on any atom is 0.351 e. The Bertz CT molecular complexity index is 695. The SMILES string of the molecule is Nc1nc(=O)n(C2OC(CO)C(F)/C2=C\F)cc1C#CBr. The number of nitrogen functional groups attached to an aromatic ring is 1. The normalized spacial score (nSPS) is 26.7. The number of anilines is 1. The van der Waals surface area contributed by atoms with E-state index in [-0.39, 0.29) is 17.7 Å². The first kappa shape index (κ1) is 15.6. The molecule has 2 heterocycles. The molecule has 0 spiro atoms. The summed E-state index contributed by atoms with van der Waals surface area (Å²) in [5, 5.41) is 9.00. The number of hydrogen-bond donors (Lipinski definition) is 2. The molecule has 6 nitrogen and oxygen atoms in total. The monoisotopic (exact) mass is 361 g/mol. The minimum atomic E-state index is -1.86. The quantitative estimate of drug-likeness (QED) is 0.753. The molecule has 1 fully saturated rings. The van der Waals surface area contributed by atoms with Crippen LogP contribution >= 0.6 is 15.9 Å². The first-order valence-electron chi connectivity index (χ1n) is 5.74. The molecule has 21 heavy (non-hydrogen) atoms. The van der Waals surface area contributed by atoms with Crippen LogP contribution in [0.2, 0.25) is 0 Å². The van der Waals surface area contributed by atoms with Crippen LogP contribution in [0.15, 0.2) is 22.9 Å². The van der Waals surface area contributed by atoms with Crippen LogP contribution in [0.3, 0.4) is 0 Å². The van der Waals surface area contributed by atoms with Crippen molar-refractivity contribution in [2.24, 2.45) is 0 Å². The number of rotatable bonds is 2. The Morgan fingerprint density at radius 3 is 2.95 bits per heavy atom. The van der Waals surface area contributed by atoms with E-state index in [2.05, 4.69) is 31.7 Å². The fourth-order valence-corrected chi connectivity index (χ4v) is 2.15. The zero-order valence-electron chi connectivity index (χ0n) is 10.5. The third-order valence-electron chi connectivity index (χ3n) is 2.96. The highest BCUT2D eigenvalue weighted by molar-refractivity contribution is 9.12. The van der Waals surface area contributed by atoms with Crippen molar-refractivity contribution in [2.45, 2.75) is 18.5 Å². The van der Waals surface area contributed by atoms with Crippen LogP contribution < -0.4 is 11.4 Å². The Labute approximate surface area is 126 Å². The summed E-state index contributed by atoms with van der Waals surface area (Å²) in [6, 6.07) is 0. The number of hydrogen-bond acceptors (Lipinski definition) is 5. The maximum atomic E-state index is 13.9. The Balaban J connectivity index is 2.53. The average molecular weight is 362 g/mol. The summed E-state index contributed by atoms with van der Waals surface area (Å²) in [6.07, 6.45) is -3.26. The molecule has 112 valence electrons. The van der Waals surface area contributed by atoms with Crippen LogP contribution in [0.4, 0.5) is 14.6 Å². The molecule has 0 radical (unpaired) electrons. The predicted molar refractivity (Wildman–Crippen MR) is 73.8 cm³/mol. The molecule has 3 atom stereocenters. The van der Waals surface area contributed by atoms with Crippen LogP contribution in [0, 0.1) is 10.8 Å². The molecule has 0 bridgehead atoms. The summed E-state index contributed by atoms with van der Waals surface area (Å²) in [7, 11) is 0. The summed E-state index contributed by atoms with van der Waals surface area (Å²) in [5.74, 6) is 2.43. The number of nitrogens with zero attached hydrogens (tertiary/aromatic N) is 2. The van der Waals surface area contributed by atoms with Gasteiger partial charge in [-0.05, 0) is 10.8 Å². The molecule has 0 aromatic carbocycles. The molecule has 0 saturated carbocycles. The van der Waals surface area contributed by atoms with E-state index in [9.17, 15) is 13.6 Å². The Hall–Kier alpha value is -1.76. The number of aromatic nitrogens is 2. The fourth-order valence-electron chi connectivity index (χ4n) is 1.94. The summed E-state index contributed by atoms with van der Waals surface area (Å²) in [6.45, 7) is -0.653. The second kappa shape index (κ2) is 6.34. The van der Waals surface area contributed by atoms with Gasteiger partial charge in [-0.15, -0.1) is 0 Å². The number of halogens is 3. The molecule has 0 amide bonds. The number of ether oxygens (including phenoxy) is 1. The van der Waals surface area contributed by atoms with Crippen molar-refractivity contribution in [3.63, 3.8) is 0 Å². The van der Waals surface area contributed by atoms with Crippen LogP contribution in [-0.2, 0) is 4.74 Å². The number of aliphatic hydroxyl groups excluding tert-OH is 1. The van der Waals surface area contributed by atoms with Gasteiger partial charge >= 0.3 is 5.69 Å². The molecule has 3 N–H and O–H groups in total. The zero-order chi connectivity index (χ0) is 15.6. The van der Waals surface area contributed by atoms with E-state index in [0.29, 0.717) is 0 Å². The average Bonchev–Trinajstić information content (AvgIpc) is 2.78. The molecule has 1 aliphatic rings. The first-order chi connectivity index (χ1) is 10.0. The van der Waals surface area contributed by atoms with Crippen molar-refractivity contribution in [1.82, 2.24) is 9.55 Å². The van der Waals surface area contributed by atoms with Gasteiger partial charge in [-0.3, -0.25) is 4.57 Å². The third kappa shape index (κ3) is 2.83. The molecule has 1 saturated heterocycles. The lowest BCUT2D eigenvalue weighted by atomic mass is 10.1. The maximum absolute atomic E-state index is 13.9. The topological polar surface area (TPSA) is 90.4 Å². The standard InChI is InChI=1S/C12H10BrF2N3O3/c13-2-1-6-4-18(12(20)17-10(6)16)11-7(3-14)9(15)8(5-19)21-11/h3-4,8-9,11,19H,5H2,(H2,16,17,20)/b7-3+. The van der Waals surface area contributed by atoms with Crippen LogP contribution in [0.25, 0.3) is 0 Å². The molecule has 2 rings (SSSR count). The van der Waals surface area contributed by atoms with Gasteiger partial charge in [0.05, 0.1) is 18.5 Å². The van der Waals surface area contributed by atoms with Gasteiger partial charge in [-0.2, -0.15) is 4.98 Å². The van der Waals surface area contributed by atoms with Crippen molar-refractivity contribution < 1.29 is 18.6 Å². The molecular weight excluding hydrogens is 352 g/mol. The highest BCUT2D eigenvalue weighted by Crippen LogP contribution is 2.35.